The van der Waals surface area contributed by atoms with E-state index in [1.165, 1.54) is 16.8 Å². The molecule has 1 atom stereocenters. The Bertz CT molecular complexity index is 575. The molecule has 1 aromatic heterocycles. The zero-order chi connectivity index (χ0) is 14.5. The summed E-state index contributed by atoms with van der Waals surface area (Å²) in [5.41, 5.74) is -0.0228. The Kier molecular flexibility index (Phi) is 4.70. The topological polar surface area (TPSA) is 64.9 Å². The molecule has 2 rings (SSSR count). The first-order chi connectivity index (χ1) is 9.65. The fourth-order valence-electron chi connectivity index (χ4n) is 1.76. The number of aromatic nitrogens is 4. The first-order valence-electron chi connectivity index (χ1n) is 6.10. The van der Waals surface area contributed by atoms with E-state index in [9.17, 15) is 8.78 Å². The van der Waals surface area contributed by atoms with Crippen LogP contribution in [0.1, 0.15) is 18.8 Å². The maximum Gasteiger partial charge on any atom is 0.184 e. The average Bonchev–Trinajstić information content (AvgIpc) is 2.91. The second-order valence-electron chi connectivity index (χ2n) is 4.19. The van der Waals surface area contributed by atoms with Crippen LogP contribution >= 0.6 is 0 Å². The molecule has 0 fully saturated rings. The quantitative estimate of drug-likeness (QED) is 0.808. The standard InChI is InChI=1S/C12H15F2N5O/c1-8(15-6-7-20-2)12-16-17-18-19(12)10-5-3-4-9(13)11(10)14/h3-5,8,15H,6-7H2,1-2H3. The zero-order valence-corrected chi connectivity index (χ0v) is 11.2. The van der Waals surface area contributed by atoms with E-state index in [0.29, 0.717) is 19.0 Å². The van der Waals surface area contributed by atoms with Gasteiger partial charge in [-0.1, -0.05) is 6.07 Å². The predicted octanol–water partition coefficient (Wildman–Crippen LogP) is 1.24. The molecule has 1 unspecified atom stereocenters. The lowest BCUT2D eigenvalue weighted by molar-refractivity contribution is 0.196. The highest BCUT2D eigenvalue weighted by molar-refractivity contribution is 5.33. The first kappa shape index (κ1) is 14.5. The molecule has 8 heteroatoms. The van der Waals surface area contributed by atoms with Gasteiger partial charge in [0.15, 0.2) is 17.5 Å². The number of ether oxygens (including phenoxy) is 1. The third-order valence-corrected chi connectivity index (χ3v) is 2.80. The van der Waals surface area contributed by atoms with Gasteiger partial charge in [-0.05, 0) is 29.5 Å². The highest BCUT2D eigenvalue weighted by atomic mass is 19.2. The molecule has 0 radical (unpaired) electrons. The number of benzene rings is 1. The van der Waals surface area contributed by atoms with Gasteiger partial charge in [0.2, 0.25) is 0 Å². The number of nitrogens with zero attached hydrogens (tertiary/aromatic N) is 4. The van der Waals surface area contributed by atoms with Crippen molar-refractivity contribution in [3.05, 3.63) is 35.7 Å². The van der Waals surface area contributed by atoms with Crippen LogP contribution in [0.25, 0.3) is 5.69 Å². The summed E-state index contributed by atoms with van der Waals surface area (Å²) in [5, 5.41) is 14.2. The lowest BCUT2D eigenvalue weighted by Gasteiger charge is -2.13. The summed E-state index contributed by atoms with van der Waals surface area (Å²) in [7, 11) is 1.60. The maximum atomic E-state index is 13.8. The second-order valence-corrected chi connectivity index (χ2v) is 4.19. The maximum absolute atomic E-state index is 13.8. The Morgan fingerprint density at radius 1 is 1.40 bits per heavy atom. The summed E-state index contributed by atoms with van der Waals surface area (Å²) in [5.74, 6) is -1.53. The number of halogens is 2. The summed E-state index contributed by atoms with van der Waals surface area (Å²) < 4.78 is 33.2. The lowest BCUT2D eigenvalue weighted by Crippen LogP contribution is -2.25. The fourth-order valence-corrected chi connectivity index (χ4v) is 1.76. The molecule has 1 heterocycles. The second kappa shape index (κ2) is 6.49. The van der Waals surface area contributed by atoms with Crippen LogP contribution in [0.4, 0.5) is 8.78 Å². The molecule has 0 aliphatic heterocycles. The fraction of sp³-hybridized carbons (Fsp3) is 0.417. The van der Waals surface area contributed by atoms with Crippen molar-refractivity contribution in [3.8, 4) is 5.69 Å². The number of tetrazole rings is 1. The number of nitrogens with one attached hydrogen (secondary N) is 1. The molecule has 6 nitrogen and oxygen atoms in total. The molecular formula is C12H15F2N5O. The molecule has 108 valence electrons. The Balaban J connectivity index is 2.26. The Hall–Kier alpha value is -1.93. The molecule has 0 spiro atoms. The predicted molar refractivity (Wildman–Crippen MR) is 67.4 cm³/mol. The Morgan fingerprint density at radius 3 is 2.95 bits per heavy atom. The molecular weight excluding hydrogens is 268 g/mol. The van der Waals surface area contributed by atoms with Crippen molar-refractivity contribution in [2.24, 2.45) is 0 Å². The van der Waals surface area contributed by atoms with E-state index in [0.717, 1.165) is 6.07 Å². The zero-order valence-electron chi connectivity index (χ0n) is 11.2. The molecule has 1 aromatic carbocycles. The highest BCUT2D eigenvalue weighted by Crippen LogP contribution is 2.18. The van der Waals surface area contributed by atoms with Crippen LogP contribution in [0, 0.1) is 11.6 Å². The van der Waals surface area contributed by atoms with Crippen LogP contribution < -0.4 is 5.32 Å². The van der Waals surface area contributed by atoms with E-state index in [-0.39, 0.29) is 11.7 Å². The van der Waals surface area contributed by atoms with Gasteiger partial charge in [0.05, 0.1) is 12.6 Å². The van der Waals surface area contributed by atoms with E-state index in [4.69, 9.17) is 4.74 Å². The molecule has 0 aliphatic carbocycles. The normalized spacial score (nSPS) is 12.6. The monoisotopic (exact) mass is 283 g/mol. The summed E-state index contributed by atoms with van der Waals surface area (Å²) in [4.78, 5) is 0. The van der Waals surface area contributed by atoms with Crippen molar-refractivity contribution in [2.45, 2.75) is 13.0 Å². The highest BCUT2D eigenvalue weighted by Gasteiger charge is 2.19. The van der Waals surface area contributed by atoms with E-state index in [1.54, 1.807) is 7.11 Å². The average molecular weight is 283 g/mol. The van der Waals surface area contributed by atoms with E-state index in [2.05, 4.69) is 20.8 Å². The summed E-state index contributed by atoms with van der Waals surface area (Å²) in [6.45, 7) is 2.95. The minimum absolute atomic E-state index is 0.0228. The summed E-state index contributed by atoms with van der Waals surface area (Å²) >= 11 is 0. The minimum Gasteiger partial charge on any atom is -0.383 e. The number of hydrogen-bond donors (Lipinski definition) is 1. The Morgan fingerprint density at radius 2 is 2.20 bits per heavy atom. The van der Waals surface area contributed by atoms with Gasteiger partial charge in [-0.3, -0.25) is 0 Å². The van der Waals surface area contributed by atoms with Gasteiger partial charge in [0.1, 0.15) is 5.69 Å². The van der Waals surface area contributed by atoms with Gasteiger partial charge >= 0.3 is 0 Å². The van der Waals surface area contributed by atoms with Crippen LogP contribution in [-0.2, 0) is 4.74 Å². The number of rotatable bonds is 6. The lowest BCUT2D eigenvalue weighted by atomic mass is 10.2. The first-order valence-corrected chi connectivity index (χ1v) is 6.10. The third-order valence-electron chi connectivity index (χ3n) is 2.80. The van der Waals surface area contributed by atoms with Gasteiger partial charge < -0.3 is 10.1 Å². The van der Waals surface area contributed by atoms with Crippen LogP contribution in [-0.4, -0.2) is 40.5 Å². The van der Waals surface area contributed by atoms with Gasteiger partial charge in [-0.25, -0.2) is 8.78 Å². The van der Waals surface area contributed by atoms with E-state index in [1.807, 2.05) is 6.92 Å². The van der Waals surface area contributed by atoms with Crippen molar-refractivity contribution < 1.29 is 13.5 Å². The van der Waals surface area contributed by atoms with Gasteiger partial charge in [0.25, 0.3) is 0 Å². The van der Waals surface area contributed by atoms with Crippen molar-refractivity contribution >= 4 is 0 Å². The molecule has 20 heavy (non-hydrogen) atoms. The summed E-state index contributed by atoms with van der Waals surface area (Å²) in [6.07, 6.45) is 0. The number of methoxy groups -OCH3 is 1. The van der Waals surface area contributed by atoms with Crippen LogP contribution in [0.5, 0.6) is 0 Å². The Labute approximate surface area is 114 Å². The molecule has 0 saturated carbocycles. The molecule has 0 bridgehead atoms. The third kappa shape index (κ3) is 2.97. The SMILES string of the molecule is COCCNC(C)c1nnnn1-c1cccc(F)c1F. The molecule has 0 amide bonds. The molecule has 2 aromatic rings. The molecule has 0 saturated heterocycles. The van der Waals surface area contributed by atoms with Crippen molar-refractivity contribution in [1.82, 2.24) is 25.5 Å². The molecule has 0 aliphatic rings. The largest absolute Gasteiger partial charge is 0.383 e. The summed E-state index contributed by atoms with van der Waals surface area (Å²) in [6, 6.07) is 3.63. The van der Waals surface area contributed by atoms with Gasteiger partial charge in [0, 0.05) is 13.7 Å². The number of hydrogen-bond acceptors (Lipinski definition) is 5. The van der Waals surface area contributed by atoms with Crippen LogP contribution in [0.3, 0.4) is 0 Å². The smallest absolute Gasteiger partial charge is 0.184 e. The van der Waals surface area contributed by atoms with Gasteiger partial charge in [-0.15, -0.1) is 5.10 Å². The molecule has 1 N–H and O–H groups in total. The van der Waals surface area contributed by atoms with Crippen LogP contribution in [0.2, 0.25) is 0 Å². The van der Waals surface area contributed by atoms with Crippen LogP contribution in [0.15, 0.2) is 18.2 Å². The van der Waals surface area contributed by atoms with E-state index < -0.39 is 11.6 Å². The van der Waals surface area contributed by atoms with E-state index >= 15 is 0 Å². The van der Waals surface area contributed by atoms with Crippen molar-refractivity contribution in [2.75, 3.05) is 20.3 Å². The minimum atomic E-state index is -0.981. The van der Waals surface area contributed by atoms with Gasteiger partial charge in [-0.2, -0.15) is 4.68 Å². The van der Waals surface area contributed by atoms with Crippen molar-refractivity contribution in [3.63, 3.8) is 0 Å². The van der Waals surface area contributed by atoms with Crippen molar-refractivity contribution in [1.29, 1.82) is 0 Å².